The van der Waals surface area contributed by atoms with Crippen LogP contribution in [-0.4, -0.2) is 13.2 Å². The van der Waals surface area contributed by atoms with Crippen LogP contribution in [0.1, 0.15) is 78.1 Å². The molecule has 0 aromatic carbocycles. The molecule has 0 aliphatic heterocycles. The first kappa shape index (κ1) is 16.7. The lowest BCUT2D eigenvalue weighted by Crippen LogP contribution is -2.01. The van der Waals surface area contributed by atoms with Crippen molar-refractivity contribution in [1.29, 1.82) is 0 Å². The maximum absolute atomic E-state index is 5.19. The van der Waals surface area contributed by atoms with Gasteiger partial charge in [0.2, 0.25) is 0 Å². The largest absolute Gasteiger partial charge is 0.381 e. The molecule has 0 aromatic heterocycles. The zero-order valence-electron chi connectivity index (χ0n) is 12.2. The summed E-state index contributed by atoms with van der Waals surface area (Å²) in [5.41, 5.74) is 0. The molecule has 0 radical (unpaired) electrons. The summed E-state index contributed by atoms with van der Waals surface area (Å²) in [6.45, 7) is 4.39. The third-order valence-electron chi connectivity index (χ3n) is 3.26. The first-order chi connectivity index (χ1) is 8.31. The molecular weight excluding hydrogens is 208 g/mol. The van der Waals surface area contributed by atoms with E-state index >= 15 is 0 Å². The molecule has 1 unspecified atom stereocenters. The second-order valence-electron chi connectivity index (χ2n) is 5.02. The Kier molecular flexibility index (Phi) is 13.5. The molecule has 0 spiro atoms. The first-order valence-electron chi connectivity index (χ1n) is 7.49. The summed E-state index contributed by atoms with van der Waals surface area (Å²) in [7, 11) is 1.77. The van der Waals surface area contributed by atoms with Crippen molar-refractivity contribution in [2.45, 2.75) is 84.2 Å². The molecule has 1 atom stereocenters. The van der Waals surface area contributed by atoms with Gasteiger partial charge in [-0.25, -0.2) is 0 Å². The van der Waals surface area contributed by atoms with Crippen molar-refractivity contribution in [3.63, 3.8) is 0 Å². The van der Waals surface area contributed by atoms with E-state index in [9.17, 15) is 0 Å². The van der Waals surface area contributed by atoms with Crippen LogP contribution in [-0.2, 0) is 4.74 Å². The van der Waals surface area contributed by atoms with E-state index in [-0.39, 0.29) is 0 Å². The number of methoxy groups -OCH3 is 1. The van der Waals surface area contributed by atoms with E-state index in [0.717, 1.165) is 6.42 Å². The number of allylic oxidation sites excluding steroid dienone is 1. The fourth-order valence-corrected chi connectivity index (χ4v) is 1.90. The number of unbranched alkanes of at least 4 members (excludes halogenated alkanes) is 8. The predicted molar refractivity (Wildman–Crippen MR) is 77.5 cm³/mol. The van der Waals surface area contributed by atoms with E-state index in [1.807, 2.05) is 0 Å². The molecule has 0 aliphatic rings. The first-order valence-corrected chi connectivity index (χ1v) is 7.49. The Morgan fingerprint density at radius 3 is 2.06 bits per heavy atom. The molecule has 0 saturated heterocycles. The Hall–Kier alpha value is -0.300. The fourth-order valence-electron chi connectivity index (χ4n) is 1.90. The lowest BCUT2D eigenvalue weighted by Gasteiger charge is -2.04. The summed E-state index contributed by atoms with van der Waals surface area (Å²) in [5.74, 6) is 0. The summed E-state index contributed by atoms with van der Waals surface area (Å²) in [6.07, 6.45) is 18.5. The van der Waals surface area contributed by atoms with Gasteiger partial charge in [0, 0.05) is 7.11 Å². The summed E-state index contributed by atoms with van der Waals surface area (Å²) >= 11 is 0. The van der Waals surface area contributed by atoms with Gasteiger partial charge in [-0.05, 0) is 26.2 Å². The molecule has 0 bridgehead atoms. The standard InChI is InChI=1S/C16H32O/c1-4-5-6-7-8-9-10-11-12-13-14-15-16(2)17-3/h13-14,16H,4-12,15H2,1-3H3. The van der Waals surface area contributed by atoms with Gasteiger partial charge in [-0.15, -0.1) is 0 Å². The molecular formula is C16H32O. The molecule has 0 aliphatic carbocycles. The highest BCUT2D eigenvalue weighted by atomic mass is 16.5. The van der Waals surface area contributed by atoms with Crippen LogP contribution in [0.2, 0.25) is 0 Å². The van der Waals surface area contributed by atoms with Gasteiger partial charge in [0.15, 0.2) is 0 Å². The summed E-state index contributed by atoms with van der Waals surface area (Å²) in [4.78, 5) is 0. The summed E-state index contributed by atoms with van der Waals surface area (Å²) in [6, 6.07) is 0. The van der Waals surface area contributed by atoms with E-state index in [1.54, 1.807) is 7.11 Å². The predicted octanol–water partition coefficient (Wildman–Crippen LogP) is 5.50. The molecule has 0 saturated carbocycles. The van der Waals surface area contributed by atoms with Gasteiger partial charge in [0.25, 0.3) is 0 Å². The van der Waals surface area contributed by atoms with Crippen molar-refractivity contribution in [2.75, 3.05) is 7.11 Å². The van der Waals surface area contributed by atoms with Gasteiger partial charge in [-0.2, -0.15) is 0 Å². The van der Waals surface area contributed by atoms with Crippen molar-refractivity contribution < 1.29 is 4.74 Å². The van der Waals surface area contributed by atoms with Crippen molar-refractivity contribution in [1.82, 2.24) is 0 Å². The second-order valence-corrected chi connectivity index (χ2v) is 5.02. The molecule has 0 N–H and O–H groups in total. The van der Waals surface area contributed by atoms with Crippen molar-refractivity contribution >= 4 is 0 Å². The maximum Gasteiger partial charge on any atom is 0.0577 e. The highest BCUT2D eigenvalue weighted by molar-refractivity contribution is 4.83. The monoisotopic (exact) mass is 240 g/mol. The van der Waals surface area contributed by atoms with Gasteiger partial charge < -0.3 is 4.74 Å². The van der Waals surface area contributed by atoms with Crippen LogP contribution >= 0.6 is 0 Å². The minimum absolute atomic E-state index is 0.366. The SMILES string of the molecule is CCCCCCCCCCC=CCC(C)OC. The van der Waals surface area contributed by atoms with Crippen LogP contribution in [0.3, 0.4) is 0 Å². The highest BCUT2D eigenvalue weighted by Crippen LogP contribution is 2.10. The van der Waals surface area contributed by atoms with Crippen molar-refractivity contribution in [2.24, 2.45) is 0 Å². The molecule has 0 rings (SSSR count). The third kappa shape index (κ3) is 13.6. The van der Waals surface area contributed by atoms with Gasteiger partial charge in [-0.3, -0.25) is 0 Å². The lowest BCUT2D eigenvalue weighted by atomic mass is 10.1. The molecule has 0 amide bonds. The van der Waals surface area contributed by atoms with Gasteiger partial charge in [-0.1, -0.05) is 64.0 Å². The maximum atomic E-state index is 5.19. The van der Waals surface area contributed by atoms with E-state index in [0.29, 0.717) is 6.10 Å². The van der Waals surface area contributed by atoms with Gasteiger partial charge in [0.05, 0.1) is 6.10 Å². The smallest absolute Gasteiger partial charge is 0.0577 e. The molecule has 0 aromatic rings. The third-order valence-corrected chi connectivity index (χ3v) is 3.26. The second kappa shape index (κ2) is 13.8. The zero-order valence-corrected chi connectivity index (χ0v) is 12.2. The number of hydrogen-bond acceptors (Lipinski definition) is 1. The highest BCUT2D eigenvalue weighted by Gasteiger charge is 1.93. The molecule has 0 fully saturated rings. The average molecular weight is 240 g/mol. The number of rotatable bonds is 12. The fraction of sp³-hybridized carbons (Fsp3) is 0.875. The molecule has 102 valence electrons. The van der Waals surface area contributed by atoms with E-state index in [2.05, 4.69) is 26.0 Å². The van der Waals surface area contributed by atoms with Gasteiger partial charge >= 0.3 is 0 Å². The van der Waals surface area contributed by atoms with Gasteiger partial charge in [0.1, 0.15) is 0 Å². The summed E-state index contributed by atoms with van der Waals surface area (Å²) < 4.78 is 5.19. The minimum Gasteiger partial charge on any atom is -0.381 e. The van der Waals surface area contributed by atoms with E-state index < -0.39 is 0 Å². The zero-order chi connectivity index (χ0) is 12.8. The van der Waals surface area contributed by atoms with Crippen LogP contribution < -0.4 is 0 Å². The van der Waals surface area contributed by atoms with Crippen molar-refractivity contribution in [3.05, 3.63) is 12.2 Å². The summed E-state index contributed by atoms with van der Waals surface area (Å²) in [5, 5.41) is 0. The van der Waals surface area contributed by atoms with E-state index in [1.165, 1.54) is 57.8 Å². The molecule has 1 heteroatoms. The minimum atomic E-state index is 0.366. The molecule has 0 heterocycles. The average Bonchev–Trinajstić information content (AvgIpc) is 2.35. The van der Waals surface area contributed by atoms with Crippen LogP contribution in [0.15, 0.2) is 12.2 Å². The Bertz CT molecular complexity index is 163. The van der Waals surface area contributed by atoms with Crippen molar-refractivity contribution in [3.8, 4) is 0 Å². The quantitative estimate of drug-likeness (QED) is 0.323. The Balaban J connectivity index is 3.07. The molecule has 1 nitrogen and oxygen atoms in total. The van der Waals surface area contributed by atoms with E-state index in [4.69, 9.17) is 4.74 Å². The lowest BCUT2D eigenvalue weighted by molar-refractivity contribution is 0.121. The Labute approximate surface area is 109 Å². The number of ether oxygens (including phenoxy) is 1. The number of hydrogen-bond donors (Lipinski definition) is 0. The van der Waals surface area contributed by atoms with Crippen LogP contribution in [0, 0.1) is 0 Å². The topological polar surface area (TPSA) is 9.23 Å². The molecule has 17 heavy (non-hydrogen) atoms. The van der Waals surface area contributed by atoms with Crippen LogP contribution in [0.5, 0.6) is 0 Å². The Morgan fingerprint density at radius 1 is 0.882 bits per heavy atom. The van der Waals surface area contributed by atoms with Crippen LogP contribution in [0.25, 0.3) is 0 Å². The Morgan fingerprint density at radius 2 is 1.47 bits per heavy atom. The normalized spacial score (nSPS) is 13.4. The van der Waals surface area contributed by atoms with Crippen LogP contribution in [0.4, 0.5) is 0 Å².